The van der Waals surface area contributed by atoms with E-state index >= 15 is 0 Å². The Bertz CT molecular complexity index is 596. The molecule has 1 atom stereocenters. The van der Waals surface area contributed by atoms with Crippen LogP contribution in [0, 0.1) is 12.8 Å². The molecule has 1 heterocycles. The number of anilines is 1. The Morgan fingerprint density at radius 2 is 2.29 bits per heavy atom. The molecule has 0 radical (unpaired) electrons. The summed E-state index contributed by atoms with van der Waals surface area (Å²) in [4.78, 5) is 12.0. The number of benzene rings is 1. The normalized spacial score (nSPS) is 12.1. The standard InChI is InChI=1S/C14H20N6O/c1-10(8-15)3-6-14(21)17-13-7-12(5-4-11(13)2)20-9-16-18-19-20/h4-5,7,9-10H,3,6,8,15H2,1-2H3,(H,17,21). The number of nitrogens with two attached hydrogens (primary N) is 1. The number of nitrogens with one attached hydrogen (secondary N) is 1. The van der Waals surface area contributed by atoms with E-state index in [2.05, 4.69) is 20.8 Å². The van der Waals surface area contributed by atoms with E-state index < -0.39 is 0 Å². The van der Waals surface area contributed by atoms with Gasteiger partial charge in [-0.15, -0.1) is 5.10 Å². The molecule has 112 valence electrons. The lowest BCUT2D eigenvalue weighted by Crippen LogP contribution is -2.17. The molecule has 0 aliphatic heterocycles. The Morgan fingerprint density at radius 1 is 1.48 bits per heavy atom. The highest BCUT2D eigenvalue weighted by Gasteiger charge is 2.09. The molecule has 7 heteroatoms. The molecule has 1 unspecified atom stereocenters. The fourth-order valence-electron chi connectivity index (χ4n) is 1.87. The monoisotopic (exact) mass is 288 g/mol. The number of carbonyl (C=O) groups is 1. The number of nitrogens with zero attached hydrogens (tertiary/aromatic N) is 4. The molecule has 1 aromatic carbocycles. The second kappa shape index (κ2) is 6.94. The summed E-state index contributed by atoms with van der Waals surface area (Å²) in [7, 11) is 0. The molecule has 7 nitrogen and oxygen atoms in total. The first-order chi connectivity index (χ1) is 10.1. The summed E-state index contributed by atoms with van der Waals surface area (Å²) in [6.45, 7) is 4.58. The van der Waals surface area contributed by atoms with Crippen LogP contribution in [0.1, 0.15) is 25.3 Å². The van der Waals surface area contributed by atoms with E-state index in [0.29, 0.717) is 18.9 Å². The number of hydrogen-bond acceptors (Lipinski definition) is 5. The minimum atomic E-state index is -0.00716. The predicted molar refractivity (Wildman–Crippen MR) is 80.0 cm³/mol. The van der Waals surface area contributed by atoms with Gasteiger partial charge in [0.15, 0.2) is 0 Å². The van der Waals surface area contributed by atoms with E-state index in [-0.39, 0.29) is 5.91 Å². The molecule has 0 aliphatic rings. The Morgan fingerprint density at radius 3 is 2.95 bits per heavy atom. The third-order valence-corrected chi connectivity index (χ3v) is 3.38. The van der Waals surface area contributed by atoms with Crippen LogP contribution < -0.4 is 11.1 Å². The van der Waals surface area contributed by atoms with Crippen LogP contribution in [-0.2, 0) is 4.79 Å². The van der Waals surface area contributed by atoms with Crippen molar-refractivity contribution in [2.75, 3.05) is 11.9 Å². The van der Waals surface area contributed by atoms with Crippen LogP contribution >= 0.6 is 0 Å². The van der Waals surface area contributed by atoms with Crippen molar-refractivity contribution >= 4 is 11.6 Å². The summed E-state index contributed by atoms with van der Waals surface area (Å²) in [6.07, 6.45) is 2.76. The van der Waals surface area contributed by atoms with Gasteiger partial charge in [-0.2, -0.15) is 0 Å². The molecule has 0 bridgehead atoms. The number of rotatable bonds is 6. The van der Waals surface area contributed by atoms with Crippen molar-refractivity contribution in [1.29, 1.82) is 0 Å². The summed E-state index contributed by atoms with van der Waals surface area (Å²) in [5.74, 6) is 0.344. The molecule has 2 rings (SSSR count). The maximum atomic E-state index is 12.0. The summed E-state index contributed by atoms with van der Waals surface area (Å²) in [6, 6.07) is 5.68. The molecular formula is C14H20N6O. The Labute approximate surface area is 123 Å². The number of amides is 1. The van der Waals surface area contributed by atoms with Crippen molar-refractivity contribution < 1.29 is 4.79 Å². The zero-order valence-electron chi connectivity index (χ0n) is 12.3. The fraction of sp³-hybridized carbons (Fsp3) is 0.429. The molecule has 0 spiro atoms. The van der Waals surface area contributed by atoms with Gasteiger partial charge >= 0.3 is 0 Å². The maximum Gasteiger partial charge on any atom is 0.224 e. The largest absolute Gasteiger partial charge is 0.330 e. The van der Waals surface area contributed by atoms with Crippen molar-refractivity contribution in [1.82, 2.24) is 20.2 Å². The average molecular weight is 288 g/mol. The minimum Gasteiger partial charge on any atom is -0.330 e. The number of tetrazole rings is 1. The van der Waals surface area contributed by atoms with Crippen molar-refractivity contribution in [3.63, 3.8) is 0 Å². The molecular weight excluding hydrogens is 268 g/mol. The van der Waals surface area contributed by atoms with E-state index in [4.69, 9.17) is 5.73 Å². The second-order valence-electron chi connectivity index (χ2n) is 5.18. The van der Waals surface area contributed by atoms with Gasteiger partial charge in [0.05, 0.1) is 5.69 Å². The minimum absolute atomic E-state index is 0.00716. The van der Waals surface area contributed by atoms with Gasteiger partial charge < -0.3 is 11.1 Å². The number of aromatic nitrogens is 4. The third-order valence-electron chi connectivity index (χ3n) is 3.38. The summed E-state index contributed by atoms with van der Waals surface area (Å²) < 4.78 is 1.55. The molecule has 3 N–H and O–H groups in total. The van der Waals surface area contributed by atoms with E-state index in [1.54, 1.807) is 4.68 Å². The van der Waals surface area contributed by atoms with Crippen LogP contribution in [-0.4, -0.2) is 32.7 Å². The van der Waals surface area contributed by atoms with E-state index in [1.807, 2.05) is 32.0 Å². The highest BCUT2D eigenvalue weighted by atomic mass is 16.1. The van der Waals surface area contributed by atoms with E-state index in [9.17, 15) is 4.79 Å². The molecule has 0 fully saturated rings. The van der Waals surface area contributed by atoms with Crippen molar-refractivity contribution in [2.45, 2.75) is 26.7 Å². The lowest BCUT2D eigenvalue weighted by Gasteiger charge is -2.11. The van der Waals surface area contributed by atoms with E-state index in [0.717, 1.165) is 23.4 Å². The number of hydrogen-bond donors (Lipinski definition) is 2. The zero-order valence-corrected chi connectivity index (χ0v) is 12.3. The summed E-state index contributed by atoms with van der Waals surface area (Å²) in [5.41, 5.74) is 8.12. The average Bonchev–Trinajstić information content (AvgIpc) is 3.01. The van der Waals surface area contributed by atoms with Crippen molar-refractivity contribution in [3.8, 4) is 5.69 Å². The highest BCUT2D eigenvalue weighted by Crippen LogP contribution is 2.19. The van der Waals surface area contributed by atoms with Crippen molar-refractivity contribution in [3.05, 3.63) is 30.1 Å². The molecule has 2 aromatic rings. The van der Waals surface area contributed by atoms with E-state index in [1.165, 1.54) is 6.33 Å². The molecule has 21 heavy (non-hydrogen) atoms. The van der Waals surface area contributed by atoms with Gasteiger partial charge in [-0.3, -0.25) is 4.79 Å². The van der Waals surface area contributed by atoms with Gasteiger partial charge in [0, 0.05) is 12.1 Å². The van der Waals surface area contributed by atoms with Crippen LogP contribution in [0.5, 0.6) is 0 Å². The van der Waals surface area contributed by atoms with Crippen molar-refractivity contribution in [2.24, 2.45) is 11.7 Å². The molecule has 1 amide bonds. The lowest BCUT2D eigenvalue weighted by atomic mass is 10.1. The molecule has 0 saturated carbocycles. The molecule has 0 aliphatic carbocycles. The van der Waals surface area contributed by atoms with Crippen LogP contribution in [0.3, 0.4) is 0 Å². The van der Waals surface area contributed by atoms with Gasteiger partial charge in [0.2, 0.25) is 5.91 Å². The summed E-state index contributed by atoms with van der Waals surface area (Å²) >= 11 is 0. The fourth-order valence-corrected chi connectivity index (χ4v) is 1.87. The highest BCUT2D eigenvalue weighted by molar-refractivity contribution is 5.91. The molecule has 0 saturated heterocycles. The zero-order chi connectivity index (χ0) is 15.2. The quantitative estimate of drug-likeness (QED) is 0.834. The van der Waals surface area contributed by atoms with Crippen LogP contribution in [0.4, 0.5) is 5.69 Å². The van der Waals surface area contributed by atoms with Crippen LogP contribution in [0.15, 0.2) is 24.5 Å². The van der Waals surface area contributed by atoms with Gasteiger partial charge in [0.1, 0.15) is 6.33 Å². The van der Waals surface area contributed by atoms with Gasteiger partial charge in [-0.05, 0) is 53.9 Å². The predicted octanol–water partition coefficient (Wildman–Crippen LogP) is 1.28. The SMILES string of the molecule is Cc1ccc(-n2cnnn2)cc1NC(=O)CCC(C)CN. The lowest BCUT2D eigenvalue weighted by molar-refractivity contribution is -0.116. The number of aryl methyl sites for hydroxylation is 1. The first-order valence-electron chi connectivity index (χ1n) is 6.94. The molecule has 1 aromatic heterocycles. The number of carbonyl (C=O) groups excluding carboxylic acids is 1. The first-order valence-corrected chi connectivity index (χ1v) is 6.94. The summed E-state index contributed by atoms with van der Waals surface area (Å²) in [5, 5.41) is 14.0. The third kappa shape index (κ3) is 4.09. The van der Waals surface area contributed by atoms with Gasteiger partial charge in [-0.1, -0.05) is 13.0 Å². The van der Waals surface area contributed by atoms with Gasteiger partial charge in [-0.25, -0.2) is 4.68 Å². The first kappa shape index (κ1) is 15.1. The van der Waals surface area contributed by atoms with Crippen LogP contribution in [0.25, 0.3) is 5.69 Å². The smallest absolute Gasteiger partial charge is 0.224 e. The Hall–Kier alpha value is -2.28. The Kier molecular flexibility index (Phi) is 4.99. The maximum absolute atomic E-state index is 12.0. The van der Waals surface area contributed by atoms with Gasteiger partial charge in [0.25, 0.3) is 0 Å². The topological polar surface area (TPSA) is 98.7 Å². The van der Waals surface area contributed by atoms with Crippen LogP contribution in [0.2, 0.25) is 0 Å². The second-order valence-corrected chi connectivity index (χ2v) is 5.18. The Balaban J connectivity index is 2.05.